The van der Waals surface area contributed by atoms with E-state index in [9.17, 15) is 4.79 Å². The van der Waals surface area contributed by atoms with Gasteiger partial charge < -0.3 is 5.32 Å². The number of halogens is 2. The first-order valence-electron chi connectivity index (χ1n) is 6.83. The molecule has 0 unspecified atom stereocenters. The standard InChI is InChI=1S/C17H17Cl2NO/c1-3-16(12-6-4-11(2)5-7-12)20-17(21)14-9-8-13(18)10-15(14)19/h4-10,16H,3H2,1-2H3,(H,20,21)/t16-/m0/s1. The van der Waals surface area contributed by atoms with E-state index >= 15 is 0 Å². The molecule has 2 aromatic rings. The topological polar surface area (TPSA) is 29.1 Å². The Morgan fingerprint density at radius 2 is 1.81 bits per heavy atom. The summed E-state index contributed by atoms with van der Waals surface area (Å²) in [5, 5.41) is 3.89. The summed E-state index contributed by atoms with van der Waals surface area (Å²) in [5.41, 5.74) is 2.72. The van der Waals surface area contributed by atoms with Crippen LogP contribution in [0, 0.1) is 6.92 Å². The number of hydrogen-bond donors (Lipinski definition) is 1. The van der Waals surface area contributed by atoms with Crippen LogP contribution in [0.15, 0.2) is 42.5 Å². The SMILES string of the molecule is CC[C@H](NC(=O)c1ccc(Cl)cc1Cl)c1ccc(C)cc1. The van der Waals surface area contributed by atoms with E-state index in [1.807, 2.05) is 38.1 Å². The van der Waals surface area contributed by atoms with Gasteiger partial charge >= 0.3 is 0 Å². The van der Waals surface area contributed by atoms with Crippen LogP contribution in [0.5, 0.6) is 0 Å². The molecule has 0 aliphatic carbocycles. The summed E-state index contributed by atoms with van der Waals surface area (Å²) in [4.78, 5) is 12.3. The van der Waals surface area contributed by atoms with Gasteiger partial charge in [-0.1, -0.05) is 60.0 Å². The molecule has 0 aliphatic rings. The van der Waals surface area contributed by atoms with Crippen molar-refractivity contribution >= 4 is 29.1 Å². The third kappa shape index (κ3) is 3.99. The second kappa shape index (κ2) is 6.97. The Kier molecular flexibility index (Phi) is 5.27. The molecule has 2 nitrogen and oxygen atoms in total. The van der Waals surface area contributed by atoms with Crippen LogP contribution in [0.3, 0.4) is 0 Å². The second-order valence-corrected chi connectivity index (χ2v) is 5.81. The quantitative estimate of drug-likeness (QED) is 0.825. The van der Waals surface area contributed by atoms with Gasteiger partial charge in [-0.25, -0.2) is 0 Å². The van der Waals surface area contributed by atoms with Gasteiger partial charge in [-0.2, -0.15) is 0 Å². The molecule has 0 fully saturated rings. The molecule has 21 heavy (non-hydrogen) atoms. The summed E-state index contributed by atoms with van der Waals surface area (Å²) in [6, 6.07) is 13.0. The van der Waals surface area contributed by atoms with Crippen LogP contribution in [0.1, 0.15) is 40.9 Å². The fourth-order valence-corrected chi connectivity index (χ4v) is 2.62. The molecule has 4 heteroatoms. The van der Waals surface area contributed by atoms with Crippen molar-refractivity contribution in [3.8, 4) is 0 Å². The molecule has 1 N–H and O–H groups in total. The maximum Gasteiger partial charge on any atom is 0.253 e. The molecule has 0 aliphatic heterocycles. The molecule has 2 aromatic carbocycles. The number of carbonyl (C=O) groups is 1. The Labute approximate surface area is 135 Å². The lowest BCUT2D eigenvalue weighted by Gasteiger charge is -2.18. The van der Waals surface area contributed by atoms with Crippen molar-refractivity contribution in [3.63, 3.8) is 0 Å². The molecule has 0 radical (unpaired) electrons. The fourth-order valence-electron chi connectivity index (χ4n) is 2.13. The molecule has 0 saturated carbocycles. The van der Waals surface area contributed by atoms with E-state index in [0.29, 0.717) is 15.6 Å². The Balaban J connectivity index is 2.18. The molecule has 0 spiro atoms. The van der Waals surface area contributed by atoms with Gasteiger partial charge in [-0.15, -0.1) is 0 Å². The maximum atomic E-state index is 12.3. The highest BCUT2D eigenvalue weighted by molar-refractivity contribution is 6.36. The Bertz CT molecular complexity index is 638. The summed E-state index contributed by atoms with van der Waals surface area (Å²) in [7, 11) is 0. The number of carbonyl (C=O) groups excluding carboxylic acids is 1. The highest BCUT2D eigenvalue weighted by atomic mass is 35.5. The average molecular weight is 322 g/mol. The maximum absolute atomic E-state index is 12.3. The monoisotopic (exact) mass is 321 g/mol. The van der Waals surface area contributed by atoms with Crippen LogP contribution in [0.4, 0.5) is 0 Å². The van der Waals surface area contributed by atoms with E-state index in [0.717, 1.165) is 12.0 Å². The molecule has 110 valence electrons. The van der Waals surface area contributed by atoms with Gasteiger partial charge in [0, 0.05) is 5.02 Å². The number of nitrogens with one attached hydrogen (secondary N) is 1. The van der Waals surface area contributed by atoms with E-state index < -0.39 is 0 Å². The van der Waals surface area contributed by atoms with Crippen molar-refractivity contribution in [1.82, 2.24) is 5.32 Å². The van der Waals surface area contributed by atoms with Crippen molar-refractivity contribution in [1.29, 1.82) is 0 Å². The Morgan fingerprint density at radius 3 is 2.38 bits per heavy atom. The zero-order valence-corrected chi connectivity index (χ0v) is 13.5. The number of rotatable bonds is 4. The van der Waals surface area contributed by atoms with Gasteiger partial charge in [-0.05, 0) is 37.1 Å². The van der Waals surface area contributed by atoms with Crippen molar-refractivity contribution in [3.05, 3.63) is 69.2 Å². The predicted octanol–water partition coefficient (Wildman–Crippen LogP) is 5.18. The number of aryl methyl sites for hydroxylation is 1. The molecule has 0 heterocycles. The molecule has 0 aromatic heterocycles. The summed E-state index contributed by atoms with van der Waals surface area (Å²) < 4.78 is 0. The van der Waals surface area contributed by atoms with Crippen LogP contribution in [0.2, 0.25) is 10.0 Å². The Morgan fingerprint density at radius 1 is 1.14 bits per heavy atom. The number of benzene rings is 2. The minimum atomic E-state index is -0.191. The normalized spacial score (nSPS) is 12.0. The van der Waals surface area contributed by atoms with Crippen molar-refractivity contribution in [2.75, 3.05) is 0 Å². The van der Waals surface area contributed by atoms with E-state index in [4.69, 9.17) is 23.2 Å². The third-order valence-corrected chi connectivity index (χ3v) is 3.92. The molecule has 2 rings (SSSR count). The van der Waals surface area contributed by atoms with E-state index in [-0.39, 0.29) is 11.9 Å². The van der Waals surface area contributed by atoms with Gasteiger partial charge in [0.1, 0.15) is 0 Å². The third-order valence-electron chi connectivity index (χ3n) is 3.37. The van der Waals surface area contributed by atoms with Crippen LogP contribution >= 0.6 is 23.2 Å². The van der Waals surface area contributed by atoms with Crippen molar-refractivity contribution < 1.29 is 4.79 Å². The smallest absolute Gasteiger partial charge is 0.253 e. The minimum absolute atomic E-state index is 0.0372. The number of amides is 1. The minimum Gasteiger partial charge on any atom is -0.345 e. The largest absolute Gasteiger partial charge is 0.345 e. The molecule has 1 amide bonds. The molecule has 0 saturated heterocycles. The van der Waals surface area contributed by atoms with Crippen LogP contribution in [-0.4, -0.2) is 5.91 Å². The summed E-state index contributed by atoms with van der Waals surface area (Å²) in [5.74, 6) is -0.191. The molecular weight excluding hydrogens is 305 g/mol. The summed E-state index contributed by atoms with van der Waals surface area (Å²) in [6.07, 6.45) is 0.806. The first-order valence-corrected chi connectivity index (χ1v) is 7.59. The first-order chi connectivity index (χ1) is 10.0. The van der Waals surface area contributed by atoms with Gasteiger partial charge in [-0.3, -0.25) is 4.79 Å². The van der Waals surface area contributed by atoms with Gasteiger partial charge in [0.05, 0.1) is 16.6 Å². The lowest BCUT2D eigenvalue weighted by atomic mass is 10.0. The van der Waals surface area contributed by atoms with Gasteiger partial charge in [0.25, 0.3) is 5.91 Å². The Hall–Kier alpha value is -1.51. The molecule has 1 atom stereocenters. The van der Waals surface area contributed by atoms with Crippen LogP contribution < -0.4 is 5.32 Å². The van der Waals surface area contributed by atoms with E-state index in [1.165, 1.54) is 5.56 Å². The van der Waals surface area contributed by atoms with E-state index in [2.05, 4.69) is 5.32 Å². The highest BCUT2D eigenvalue weighted by Gasteiger charge is 2.16. The highest BCUT2D eigenvalue weighted by Crippen LogP contribution is 2.23. The van der Waals surface area contributed by atoms with E-state index in [1.54, 1.807) is 18.2 Å². The predicted molar refractivity (Wildman–Crippen MR) is 88.1 cm³/mol. The summed E-state index contributed by atoms with van der Waals surface area (Å²) in [6.45, 7) is 4.07. The second-order valence-electron chi connectivity index (χ2n) is 4.97. The van der Waals surface area contributed by atoms with Crippen LogP contribution in [-0.2, 0) is 0 Å². The average Bonchev–Trinajstić information content (AvgIpc) is 2.45. The fraction of sp³-hybridized carbons (Fsp3) is 0.235. The number of hydrogen-bond acceptors (Lipinski definition) is 1. The zero-order chi connectivity index (χ0) is 15.4. The lowest BCUT2D eigenvalue weighted by Crippen LogP contribution is -2.28. The summed E-state index contributed by atoms with van der Waals surface area (Å²) >= 11 is 11.9. The van der Waals surface area contributed by atoms with Crippen molar-refractivity contribution in [2.24, 2.45) is 0 Å². The zero-order valence-electron chi connectivity index (χ0n) is 12.0. The van der Waals surface area contributed by atoms with Gasteiger partial charge in [0.15, 0.2) is 0 Å². The lowest BCUT2D eigenvalue weighted by molar-refractivity contribution is 0.0935. The van der Waals surface area contributed by atoms with Gasteiger partial charge in [0.2, 0.25) is 0 Å². The van der Waals surface area contributed by atoms with Crippen molar-refractivity contribution in [2.45, 2.75) is 26.3 Å². The molecular formula is C17H17Cl2NO. The molecule has 0 bridgehead atoms. The van der Waals surface area contributed by atoms with Crippen LogP contribution in [0.25, 0.3) is 0 Å². The first kappa shape index (κ1) is 15.9.